The molecule has 7 rings (SSSR count). The van der Waals surface area contributed by atoms with Crippen molar-refractivity contribution in [1.29, 1.82) is 0 Å². The minimum Gasteiger partial charge on any atom is -0.340 e. The molecule has 0 radical (unpaired) electrons. The molecule has 5 fully saturated rings. The zero-order chi connectivity index (χ0) is 22.4. The van der Waals surface area contributed by atoms with E-state index in [9.17, 15) is 9.59 Å². The number of hydrogen-bond donors (Lipinski definition) is 0. The van der Waals surface area contributed by atoms with Crippen LogP contribution < -0.4 is 0 Å². The van der Waals surface area contributed by atoms with Crippen molar-refractivity contribution < 1.29 is 9.59 Å². The smallest absolute Gasteiger partial charge is 0.253 e. The lowest BCUT2D eigenvalue weighted by Gasteiger charge is -2.56. The largest absolute Gasteiger partial charge is 0.340 e. The monoisotopic (exact) mass is 442 g/mol. The summed E-state index contributed by atoms with van der Waals surface area (Å²) < 4.78 is 0. The van der Waals surface area contributed by atoms with Crippen LogP contribution in [-0.2, 0) is 4.79 Å². The summed E-state index contributed by atoms with van der Waals surface area (Å²) in [5.41, 5.74) is 2.93. The summed E-state index contributed by atoms with van der Waals surface area (Å²) in [6, 6.07) is 18.2. The Morgan fingerprint density at radius 1 is 0.667 bits per heavy atom. The minimum atomic E-state index is -0.0821. The first-order chi connectivity index (χ1) is 16.1. The SMILES string of the molecule is O=C(c1ccc(-c2ccccc2)cc1)N1CCCN(C(=O)C23CC4CC(CC(C4)C2)C3)CC1. The van der Waals surface area contributed by atoms with Crippen LogP contribution in [0.2, 0.25) is 0 Å². The zero-order valence-corrected chi connectivity index (χ0v) is 19.4. The van der Waals surface area contributed by atoms with Gasteiger partial charge in [0.1, 0.15) is 0 Å². The Morgan fingerprint density at radius 2 is 1.21 bits per heavy atom. The van der Waals surface area contributed by atoms with Crippen molar-refractivity contribution >= 4 is 11.8 Å². The topological polar surface area (TPSA) is 40.6 Å². The molecule has 4 saturated carbocycles. The second kappa shape index (κ2) is 8.30. The first kappa shape index (κ1) is 20.9. The third kappa shape index (κ3) is 3.88. The predicted molar refractivity (Wildman–Crippen MR) is 130 cm³/mol. The molecule has 0 spiro atoms. The Kier molecular flexibility index (Phi) is 5.27. The van der Waals surface area contributed by atoms with E-state index < -0.39 is 0 Å². The van der Waals surface area contributed by atoms with Crippen molar-refractivity contribution in [2.45, 2.75) is 44.9 Å². The van der Waals surface area contributed by atoms with Crippen molar-refractivity contribution in [1.82, 2.24) is 9.80 Å². The molecule has 0 N–H and O–H groups in total. The van der Waals surface area contributed by atoms with Gasteiger partial charge in [-0.15, -0.1) is 0 Å². The third-order valence-corrected chi connectivity index (χ3v) is 8.80. The maximum absolute atomic E-state index is 13.7. The van der Waals surface area contributed by atoms with Crippen LogP contribution in [0.15, 0.2) is 54.6 Å². The molecule has 5 aliphatic rings. The van der Waals surface area contributed by atoms with E-state index in [2.05, 4.69) is 17.0 Å². The molecule has 4 aliphatic carbocycles. The van der Waals surface area contributed by atoms with Gasteiger partial charge in [-0.3, -0.25) is 9.59 Å². The number of benzene rings is 2. The van der Waals surface area contributed by atoms with Gasteiger partial charge in [0.25, 0.3) is 5.91 Å². The molecule has 4 bridgehead atoms. The van der Waals surface area contributed by atoms with Crippen molar-refractivity contribution in [2.24, 2.45) is 23.2 Å². The van der Waals surface area contributed by atoms with Crippen LogP contribution in [0, 0.1) is 23.2 Å². The minimum absolute atomic E-state index is 0.0821. The van der Waals surface area contributed by atoms with Gasteiger partial charge in [0.2, 0.25) is 5.91 Å². The number of carbonyl (C=O) groups excluding carboxylic acids is 2. The van der Waals surface area contributed by atoms with Crippen molar-refractivity contribution in [2.75, 3.05) is 26.2 Å². The number of hydrogen-bond acceptors (Lipinski definition) is 2. The molecule has 0 atom stereocenters. The molecular weight excluding hydrogens is 408 g/mol. The quantitative estimate of drug-likeness (QED) is 0.652. The molecule has 1 aliphatic heterocycles. The second-order valence-electron chi connectivity index (χ2n) is 11.1. The van der Waals surface area contributed by atoms with E-state index in [4.69, 9.17) is 0 Å². The summed E-state index contributed by atoms with van der Waals surface area (Å²) in [6.45, 7) is 2.83. The van der Waals surface area contributed by atoms with Gasteiger partial charge < -0.3 is 9.80 Å². The second-order valence-corrected chi connectivity index (χ2v) is 11.1. The van der Waals surface area contributed by atoms with Crippen LogP contribution in [0.25, 0.3) is 11.1 Å². The van der Waals surface area contributed by atoms with Gasteiger partial charge in [0, 0.05) is 31.7 Å². The zero-order valence-electron chi connectivity index (χ0n) is 19.4. The molecule has 2 amide bonds. The first-order valence-electron chi connectivity index (χ1n) is 12.8. The highest BCUT2D eigenvalue weighted by atomic mass is 16.2. The van der Waals surface area contributed by atoms with Crippen LogP contribution in [0.4, 0.5) is 0 Å². The number of carbonyl (C=O) groups is 2. The predicted octanol–water partition coefficient (Wildman–Crippen LogP) is 5.24. The van der Waals surface area contributed by atoms with Gasteiger partial charge in [-0.25, -0.2) is 0 Å². The summed E-state index contributed by atoms with van der Waals surface area (Å²) in [6.07, 6.45) is 8.29. The van der Waals surface area contributed by atoms with E-state index in [-0.39, 0.29) is 11.3 Å². The Bertz CT molecular complexity index is 994. The molecule has 33 heavy (non-hydrogen) atoms. The van der Waals surface area contributed by atoms with Crippen LogP contribution in [-0.4, -0.2) is 47.8 Å². The molecule has 4 heteroatoms. The molecule has 2 aromatic carbocycles. The lowest BCUT2D eigenvalue weighted by molar-refractivity contribution is -0.157. The number of rotatable bonds is 3. The molecular formula is C29H34N2O2. The fourth-order valence-electron chi connectivity index (χ4n) is 7.65. The maximum atomic E-state index is 13.7. The van der Waals surface area contributed by atoms with Crippen LogP contribution in [0.3, 0.4) is 0 Å². The third-order valence-electron chi connectivity index (χ3n) is 8.80. The van der Waals surface area contributed by atoms with Gasteiger partial charge >= 0.3 is 0 Å². The highest BCUT2D eigenvalue weighted by Gasteiger charge is 2.55. The van der Waals surface area contributed by atoms with Gasteiger partial charge in [-0.05, 0) is 86.0 Å². The Morgan fingerprint density at radius 3 is 1.85 bits per heavy atom. The first-order valence-corrected chi connectivity index (χ1v) is 12.8. The Labute approximate surface area is 197 Å². The average molecular weight is 443 g/mol. The molecule has 172 valence electrons. The lowest BCUT2D eigenvalue weighted by atomic mass is 9.49. The molecule has 2 aromatic rings. The Balaban J connectivity index is 1.11. The molecule has 4 nitrogen and oxygen atoms in total. The molecule has 1 heterocycles. The summed E-state index contributed by atoms with van der Waals surface area (Å²) in [5.74, 6) is 2.83. The summed E-state index contributed by atoms with van der Waals surface area (Å²) in [7, 11) is 0. The molecule has 0 aromatic heterocycles. The highest BCUT2D eigenvalue weighted by molar-refractivity contribution is 5.95. The van der Waals surface area contributed by atoms with Gasteiger partial charge in [-0.2, -0.15) is 0 Å². The van der Waals surface area contributed by atoms with E-state index in [1.807, 2.05) is 47.4 Å². The van der Waals surface area contributed by atoms with Crippen molar-refractivity contribution in [3.8, 4) is 11.1 Å². The van der Waals surface area contributed by atoms with Crippen molar-refractivity contribution in [3.63, 3.8) is 0 Å². The van der Waals surface area contributed by atoms with E-state index in [0.717, 1.165) is 73.2 Å². The fourth-order valence-corrected chi connectivity index (χ4v) is 7.65. The summed E-state index contributed by atoms with van der Waals surface area (Å²) in [5, 5.41) is 0. The number of amides is 2. The van der Waals surface area contributed by atoms with Gasteiger partial charge in [0.05, 0.1) is 5.41 Å². The van der Waals surface area contributed by atoms with E-state index in [0.29, 0.717) is 19.0 Å². The fraction of sp³-hybridized carbons (Fsp3) is 0.517. The normalized spacial score (nSPS) is 30.8. The van der Waals surface area contributed by atoms with E-state index >= 15 is 0 Å². The maximum Gasteiger partial charge on any atom is 0.253 e. The van der Waals surface area contributed by atoms with Crippen LogP contribution in [0.5, 0.6) is 0 Å². The highest BCUT2D eigenvalue weighted by Crippen LogP contribution is 2.60. The number of nitrogens with zero attached hydrogens (tertiary/aromatic N) is 2. The van der Waals surface area contributed by atoms with Crippen LogP contribution in [0.1, 0.15) is 55.3 Å². The van der Waals surface area contributed by atoms with E-state index in [1.165, 1.54) is 19.3 Å². The summed E-state index contributed by atoms with van der Waals surface area (Å²) >= 11 is 0. The average Bonchev–Trinajstić information content (AvgIpc) is 3.09. The lowest BCUT2D eigenvalue weighted by Crippen LogP contribution is -2.55. The standard InChI is InChI=1S/C29H34N2O2/c32-27(26-9-7-25(8-10-26)24-5-2-1-3-6-24)30-11-4-12-31(14-13-30)28(33)29-18-21-15-22(19-29)17-23(16-21)20-29/h1-3,5-10,21-23H,4,11-20H2. The van der Waals surface area contributed by atoms with Gasteiger partial charge in [0.15, 0.2) is 0 Å². The Hall–Kier alpha value is -2.62. The molecule has 0 unspecified atom stereocenters. The van der Waals surface area contributed by atoms with Crippen molar-refractivity contribution in [3.05, 3.63) is 60.2 Å². The summed E-state index contributed by atoms with van der Waals surface area (Å²) in [4.78, 5) is 31.0. The molecule has 1 saturated heterocycles. The van der Waals surface area contributed by atoms with Gasteiger partial charge in [-0.1, -0.05) is 42.5 Å². The van der Waals surface area contributed by atoms with Crippen LogP contribution >= 0.6 is 0 Å². The van der Waals surface area contributed by atoms with E-state index in [1.54, 1.807) is 0 Å².